The van der Waals surface area contributed by atoms with Gasteiger partial charge in [0, 0.05) is 5.41 Å². The van der Waals surface area contributed by atoms with Gasteiger partial charge in [-0.15, -0.1) is 0 Å². The Bertz CT molecular complexity index is 603. The Labute approximate surface area is 135 Å². The van der Waals surface area contributed by atoms with E-state index in [0.29, 0.717) is 0 Å². The maximum Gasteiger partial charge on any atom is 0.120 e. The second kappa shape index (κ2) is 6.16. The van der Waals surface area contributed by atoms with Crippen molar-refractivity contribution >= 4 is 0 Å². The summed E-state index contributed by atoms with van der Waals surface area (Å²) >= 11 is 0. The lowest BCUT2D eigenvalue weighted by Gasteiger charge is -2.28. The van der Waals surface area contributed by atoms with Gasteiger partial charge in [-0.1, -0.05) is 62.7 Å². The molecule has 1 heteroatoms. The molecule has 0 saturated heterocycles. The summed E-state index contributed by atoms with van der Waals surface area (Å²) in [4.78, 5) is 0. The molecule has 2 rings (SSSR count). The highest BCUT2D eigenvalue weighted by Gasteiger charge is 2.23. The SMILES string of the molecule is CCC(C)(C)Oc1ccc(C(C)(C)c2ccc(C)cc2)cc1. The summed E-state index contributed by atoms with van der Waals surface area (Å²) in [7, 11) is 0. The number of hydrogen-bond donors (Lipinski definition) is 0. The summed E-state index contributed by atoms with van der Waals surface area (Å²) in [5, 5.41) is 0. The van der Waals surface area contributed by atoms with Crippen molar-refractivity contribution in [2.75, 3.05) is 0 Å². The predicted octanol–water partition coefficient (Wildman–Crippen LogP) is 5.89. The highest BCUT2D eigenvalue weighted by atomic mass is 16.5. The Morgan fingerprint density at radius 2 is 1.23 bits per heavy atom. The topological polar surface area (TPSA) is 9.23 Å². The zero-order valence-electron chi connectivity index (χ0n) is 14.7. The maximum atomic E-state index is 6.04. The van der Waals surface area contributed by atoms with Crippen LogP contribution in [0, 0.1) is 6.92 Å². The molecule has 0 atom stereocenters. The van der Waals surface area contributed by atoms with Gasteiger partial charge in [0.25, 0.3) is 0 Å². The minimum Gasteiger partial charge on any atom is -0.488 e. The highest BCUT2D eigenvalue weighted by molar-refractivity contribution is 5.40. The monoisotopic (exact) mass is 296 g/mol. The van der Waals surface area contributed by atoms with Gasteiger partial charge in [-0.05, 0) is 50.5 Å². The van der Waals surface area contributed by atoms with E-state index in [0.717, 1.165) is 12.2 Å². The van der Waals surface area contributed by atoms with Crippen LogP contribution in [-0.2, 0) is 5.41 Å². The Hall–Kier alpha value is -1.76. The Morgan fingerprint density at radius 3 is 1.68 bits per heavy atom. The largest absolute Gasteiger partial charge is 0.488 e. The van der Waals surface area contributed by atoms with Gasteiger partial charge in [-0.25, -0.2) is 0 Å². The quantitative estimate of drug-likeness (QED) is 0.668. The molecule has 0 aliphatic heterocycles. The molecular weight excluding hydrogens is 268 g/mol. The van der Waals surface area contributed by atoms with Gasteiger partial charge in [0.1, 0.15) is 11.4 Å². The van der Waals surface area contributed by atoms with E-state index in [2.05, 4.69) is 90.1 Å². The standard InChI is InChI=1S/C21H28O/c1-7-20(3,4)22-19-14-12-18(13-15-19)21(5,6)17-10-8-16(2)9-11-17/h8-15H,7H2,1-6H3. The molecule has 0 aromatic heterocycles. The maximum absolute atomic E-state index is 6.04. The number of hydrogen-bond acceptors (Lipinski definition) is 1. The third-order valence-corrected chi connectivity index (χ3v) is 4.59. The zero-order chi connectivity index (χ0) is 16.4. The first kappa shape index (κ1) is 16.6. The summed E-state index contributed by atoms with van der Waals surface area (Å²) in [5.74, 6) is 0.940. The number of benzene rings is 2. The van der Waals surface area contributed by atoms with Crippen LogP contribution < -0.4 is 4.74 Å². The van der Waals surface area contributed by atoms with Crippen LogP contribution in [0.1, 0.15) is 57.7 Å². The molecule has 0 fully saturated rings. The predicted molar refractivity (Wildman–Crippen MR) is 94.7 cm³/mol. The van der Waals surface area contributed by atoms with Gasteiger partial charge < -0.3 is 4.74 Å². The average molecular weight is 296 g/mol. The van der Waals surface area contributed by atoms with Gasteiger partial charge >= 0.3 is 0 Å². The molecule has 0 aliphatic rings. The third-order valence-electron chi connectivity index (χ3n) is 4.59. The van der Waals surface area contributed by atoms with Crippen molar-refractivity contribution in [3.05, 3.63) is 65.2 Å². The molecule has 0 spiro atoms. The summed E-state index contributed by atoms with van der Waals surface area (Å²) in [6.07, 6.45) is 0.990. The highest BCUT2D eigenvalue weighted by Crippen LogP contribution is 2.33. The first-order valence-electron chi connectivity index (χ1n) is 8.11. The van der Waals surface area contributed by atoms with E-state index in [1.165, 1.54) is 16.7 Å². The second-order valence-corrected chi connectivity index (χ2v) is 7.23. The molecule has 0 N–H and O–H groups in total. The molecule has 0 heterocycles. The van der Waals surface area contributed by atoms with Gasteiger partial charge in [0.05, 0.1) is 0 Å². The van der Waals surface area contributed by atoms with E-state index < -0.39 is 0 Å². The van der Waals surface area contributed by atoms with Crippen LogP contribution in [0.25, 0.3) is 0 Å². The van der Waals surface area contributed by atoms with Gasteiger partial charge in [-0.2, -0.15) is 0 Å². The minimum atomic E-state index is -0.117. The first-order chi connectivity index (χ1) is 10.2. The van der Waals surface area contributed by atoms with Crippen molar-refractivity contribution < 1.29 is 4.74 Å². The molecule has 2 aromatic rings. The third kappa shape index (κ3) is 3.71. The van der Waals surface area contributed by atoms with Gasteiger partial charge in [0.2, 0.25) is 0 Å². The summed E-state index contributed by atoms with van der Waals surface area (Å²) in [6, 6.07) is 17.3. The van der Waals surface area contributed by atoms with E-state index in [9.17, 15) is 0 Å². The molecule has 0 unspecified atom stereocenters. The van der Waals surface area contributed by atoms with Crippen LogP contribution in [0.15, 0.2) is 48.5 Å². The zero-order valence-corrected chi connectivity index (χ0v) is 14.7. The van der Waals surface area contributed by atoms with E-state index in [1.54, 1.807) is 0 Å². The second-order valence-electron chi connectivity index (χ2n) is 7.23. The first-order valence-corrected chi connectivity index (χ1v) is 8.11. The average Bonchev–Trinajstić information content (AvgIpc) is 2.48. The van der Waals surface area contributed by atoms with Crippen molar-refractivity contribution in [1.82, 2.24) is 0 Å². The number of rotatable bonds is 5. The van der Waals surface area contributed by atoms with Crippen molar-refractivity contribution in [2.45, 2.75) is 59.0 Å². The molecular formula is C21H28O. The van der Waals surface area contributed by atoms with Crippen molar-refractivity contribution in [1.29, 1.82) is 0 Å². The molecule has 0 saturated carbocycles. The van der Waals surface area contributed by atoms with E-state index in [1.807, 2.05) is 0 Å². The normalized spacial score (nSPS) is 12.3. The lowest BCUT2D eigenvalue weighted by Crippen LogP contribution is -2.26. The molecule has 118 valence electrons. The van der Waals surface area contributed by atoms with Crippen molar-refractivity contribution in [3.63, 3.8) is 0 Å². The summed E-state index contributed by atoms with van der Waals surface area (Å²) in [5.41, 5.74) is 3.81. The molecule has 0 bridgehead atoms. The summed E-state index contributed by atoms with van der Waals surface area (Å²) in [6.45, 7) is 13.1. The van der Waals surface area contributed by atoms with Crippen molar-refractivity contribution in [2.24, 2.45) is 0 Å². The van der Waals surface area contributed by atoms with E-state index in [4.69, 9.17) is 4.74 Å². The molecule has 2 aromatic carbocycles. The Balaban J connectivity index is 2.23. The molecule has 0 radical (unpaired) electrons. The number of ether oxygens (including phenoxy) is 1. The van der Waals surface area contributed by atoms with Crippen LogP contribution in [0.3, 0.4) is 0 Å². The Kier molecular flexibility index (Phi) is 4.65. The fourth-order valence-corrected chi connectivity index (χ4v) is 2.47. The molecule has 0 amide bonds. The summed E-state index contributed by atoms with van der Waals surface area (Å²) < 4.78 is 6.04. The molecule has 1 nitrogen and oxygen atoms in total. The lowest BCUT2D eigenvalue weighted by molar-refractivity contribution is 0.105. The van der Waals surface area contributed by atoms with Crippen LogP contribution in [0.2, 0.25) is 0 Å². The minimum absolute atomic E-state index is 0.00744. The van der Waals surface area contributed by atoms with Gasteiger partial charge in [0.15, 0.2) is 0 Å². The smallest absolute Gasteiger partial charge is 0.120 e. The Morgan fingerprint density at radius 1 is 0.773 bits per heavy atom. The number of aryl methyl sites for hydroxylation is 1. The van der Waals surface area contributed by atoms with Crippen LogP contribution in [-0.4, -0.2) is 5.60 Å². The van der Waals surface area contributed by atoms with Crippen LogP contribution in [0.4, 0.5) is 0 Å². The molecule has 22 heavy (non-hydrogen) atoms. The van der Waals surface area contributed by atoms with Crippen LogP contribution in [0.5, 0.6) is 5.75 Å². The van der Waals surface area contributed by atoms with E-state index in [-0.39, 0.29) is 11.0 Å². The van der Waals surface area contributed by atoms with E-state index >= 15 is 0 Å². The fourth-order valence-electron chi connectivity index (χ4n) is 2.47. The van der Waals surface area contributed by atoms with Gasteiger partial charge in [-0.3, -0.25) is 0 Å². The van der Waals surface area contributed by atoms with Crippen molar-refractivity contribution in [3.8, 4) is 5.75 Å². The fraction of sp³-hybridized carbons (Fsp3) is 0.429. The van der Waals surface area contributed by atoms with Crippen LogP contribution >= 0.6 is 0 Å². The lowest BCUT2D eigenvalue weighted by atomic mass is 9.78. The molecule has 0 aliphatic carbocycles.